The van der Waals surface area contributed by atoms with E-state index >= 15 is 0 Å². The van der Waals surface area contributed by atoms with Crippen molar-refractivity contribution >= 4 is 17.9 Å². The average Bonchev–Trinajstić information content (AvgIpc) is 3.28. The molecular weight excluding hydrogens is 781 g/mol. The van der Waals surface area contributed by atoms with Gasteiger partial charge in [0.1, 0.15) is 13.2 Å². The SMILES string of the molecule is CC\C=C/C=C\C=C/C=C\CCCCCC(=O)OC(COC(=O)CCCCC/C=C\CCCCCCCC)COC(=O)CCCCCCCCCCC/C=C\C/C=C\C/C=C\CC. The standard InChI is InChI=1S/C57H94O6/c1-4-7-10-13-16-19-22-25-26-27-28-29-30-33-35-38-41-44-47-50-56(59)62-53-54(63-57(60)51-48-45-42-39-36-32-24-21-18-15-12-9-6-3)52-61-55(58)49-46-43-40-37-34-31-23-20-17-14-11-8-5-2/h7,9-10,12,15-16,18-19,21,24-26,31-32,34,36,54H,4-6,8,11,13-14,17,20,22-23,27-30,33,35,37-53H2,1-3H3/b10-7-,12-9-,18-15-,19-16-,24-21-,26-25-,34-31-,36-32-. The van der Waals surface area contributed by atoms with E-state index in [9.17, 15) is 14.4 Å². The summed E-state index contributed by atoms with van der Waals surface area (Å²) in [5.41, 5.74) is 0. The Hall–Kier alpha value is -3.67. The molecule has 0 aliphatic rings. The molecule has 1 atom stereocenters. The van der Waals surface area contributed by atoms with Gasteiger partial charge in [-0.2, -0.15) is 0 Å². The summed E-state index contributed by atoms with van der Waals surface area (Å²) in [6.45, 7) is 6.32. The molecule has 0 fully saturated rings. The lowest BCUT2D eigenvalue weighted by molar-refractivity contribution is -0.167. The molecule has 0 N–H and O–H groups in total. The molecule has 0 radical (unpaired) electrons. The quantitative estimate of drug-likeness (QED) is 0.0199. The van der Waals surface area contributed by atoms with Crippen molar-refractivity contribution in [3.63, 3.8) is 0 Å². The van der Waals surface area contributed by atoms with Crippen LogP contribution in [0.15, 0.2) is 97.2 Å². The van der Waals surface area contributed by atoms with Crippen LogP contribution in [0.5, 0.6) is 0 Å². The normalized spacial score (nSPS) is 12.9. The summed E-state index contributed by atoms with van der Waals surface area (Å²) >= 11 is 0. The lowest BCUT2D eigenvalue weighted by Gasteiger charge is -2.18. The van der Waals surface area contributed by atoms with Crippen LogP contribution in [0.4, 0.5) is 0 Å². The number of allylic oxidation sites excluding steroid dienone is 16. The second-order valence-corrected chi connectivity index (χ2v) is 16.8. The molecule has 0 aliphatic carbocycles. The van der Waals surface area contributed by atoms with Crippen LogP contribution in [0.3, 0.4) is 0 Å². The summed E-state index contributed by atoms with van der Waals surface area (Å²) < 4.78 is 16.7. The summed E-state index contributed by atoms with van der Waals surface area (Å²) in [4.78, 5) is 37.9. The smallest absolute Gasteiger partial charge is 0.306 e. The van der Waals surface area contributed by atoms with Crippen molar-refractivity contribution in [2.24, 2.45) is 0 Å². The fourth-order valence-electron chi connectivity index (χ4n) is 6.81. The molecule has 0 saturated heterocycles. The summed E-state index contributed by atoms with van der Waals surface area (Å²) in [6, 6.07) is 0. The van der Waals surface area contributed by atoms with E-state index in [4.69, 9.17) is 14.2 Å². The average molecular weight is 875 g/mol. The molecule has 0 aliphatic heterocycles. The minimum atomic E-state index is -0.806. The van der Waals surface area contributed by atoms with Gasteiger partial charge in [0.05, 0.1) is 0 Å². The first-order valence-corrected chi connectivity index (χ1v) is 25.8. The zero-order valence-electron chi connectivity index (χ0n) is 40.8. The van der Waals surface area contributed by atoms with Crippen molar-refractivity contribution in [2.75, 3.05) is 13.2 Å². The third kappa shape index (κ3) is 49.2. The van der Waals surface area contributed by atoms with Crippen molar-refractivity contribution in [2.45, 2.75) is 232 Å². The van der Waals surface area contributed by atoms with E-state index < -0.39 is 6.10 Å². The topological polar surface area (TPSA) is 78.9 Å². The zero-order chi connectivity index (χ0) is 45.8. The van der Waals surface area contributed by atoms with Gasteiger partial charge >= 0.3 is 17.9 Å². The van der Waals surface area contributed by atoms with E-state index in [0.29, 0.717) is 19.3 Å². The van der Waals surface area contributed by atoms with E-state index in [1.165, 1.54) is 83.5 Å². The van der Waals surface area contributed by atoms with Crippen LogP contribution in [0, 0.1) is 0 Å². The third-order valence-electron chi connectivity index (χ3n) is 10.6. The maximum atomic E-state index is 12.8. The third-order valence-corrected chi connectivity index (χ3v) is 10.6. The molecule has 6 heteroatoms. The Labute approximate surface area is 387 Å². The number of carbonyl (C=O) groups excluding carboxylic acids is 3. The van der Waals surface area contributed by atoms with Crippen LogP contribution >= 0.6 is 0 Å². The van der Waals surface area contributed by atoms with Crippen LogP contribution in [-0.2, 0) is 28.6 Å². The van der Waals surface area contributed by atoms with Crippen molar-refractivity contribution < 1.29 is 28.6 Å². The van der Waals surface area contributed by atoms with Gasteiger partial charge in [-0.25, -0.2) is 0 Å². The number of hydrogen-bond acceptors (Lipinski definition) is 6. The molecule has 358 valence electrons. The van der Waals surface area contributed by atoms with E-state index in [0.717, 1.165) is 96.3 Å². The van der Waals surface area contributed by atoms with Gasteiger partial charge in [0.25, 0.3) is 0 Å². The maximum Gasteiger partial charge on any atom is 0.306 e. The van der Waals surface area contributed by atoms with Crippen molar-refractivity contribution in [1.82, 2.24) is 0 Å². The Morgan fingerprint density at radius 1 is 0.349 bits per heavy atom. The molecule has 0 aromatic heterocycles. The van der Waals surface area contributed by atoms with Crippen LogP contribution < -0.4 is 0 Å². The lowest BCUT2D eigenvalue weighted by Crippen LogP contribution is -2.30. The molecule has 63 heavy (non-hydrogen) atoms. The van der Waals surface area contributed by atoms with E-state index in [1.807, 2.05) is 36.5 Å². The van der Waals surface area contributed by atoms with Crippen LogP contribution in [0.25, 0.3) is 0 Å². The minimum Gasteiger partial charge on any atom is -0.462 e. The Bertz CT molecular complexity index is 1280. The fraction of sp³-hybridized carbons (Fsp3) is 0.667. The first kappa shape index (κ1) is 59.3. The summed E-state index contributed by atoms with van der Waals surface area (Å²) in [6.07, 6.45) is 66.8. The first-order chi connectivity index (χ1) is 31.0. The number of unbranched alkanes of at least 4 members (excludes halogenated alkanes) is 21. The molecule has 0 bridgehead atoms. The highest BCUT2D eigenvalue weighted by Crippen LogP contribution is 2.14. The molecular formula is C57H94O6. The summed E-state index contributed by atoms with van der Waals surface area (Å²) in [7, 11) is 0. The van der Waals surface area contributed by atoms with Crippen molar-refractivity contribution in [3.05, 3.63) is 97.2 Å². The van der Waals surface area contributed by atoms with E-state index in [2.05, 4.69) is 81.5 Å². The number of esters is 3. The number of carbonyl (C=O) groups is 3. The minimum absolute atomic E-state index is 0.102. The van der Waals surface area contributed by atoms with Gasteiger partial charge in [-0.3, -0.25) is 14.4 Å². The Balaban J connectivity index is 4.43. The van der Waals surface area contributed by atoms with Gasteiger partial charge in [0.15, 0.2) is 6.10 Å². The summed E-state index contributed by atoms with van der Waals surface area (Å²) in [5, 5.41) is 0. The highest BCUT2D eigenvalue weighted by atomic mass is 16.6. The molecule has 0 rings (SSSR count). The second-order valence-electron chi connectivity index (χ2n) is 16.8. The molecule has 6 nitrogen and oxygen atoms in total. The van der Waals surface area contributed by atoms with Crippen LogP contribution in [0.1, 0.15) is 226 Å². The maximum absolute atomic E-state index is 12.8. The fourth-order valence-corrected chi connectivity index (χ4v) is 6.81. The van der Waals surface area contributed by atoms with E-state index in [1.54, 1.807) is 0 Å². The summed E-state index contributed by atoms with van der Waals surface area (Å²) in [5.74, 6) is -0.967. The molecule has 0 aromatic rings. The van der Waals surface area contributed by atoms with Gasteiger partial charge in [0.2, 0.25) is 0 Å². The Morgan fingerprint density at radius 3 is 1.19 bits per heavy atom. The van der Waals surface area contributed by atoms with Crippen molar-refractivity contribution in [1.29, 1.82) is 0 Å². The largest absolute Gasteiger partial charge is 0.462 e. The van der Waals surface area contributed by atoms with Crippen molar-refractivity contribution in [3.8, 4) is 0 Å². The molecule has 0 saturated carbocycles. The van der Waals surface area contributed by atoms with Gasteiger partial charge in [-0.1, -0.05) is 208 Å². The monoisotopic (exact) mass is 875 g/mol. The number of ether oxygens (including phenoxy) is 3. The molecule has 0 aromatic carbocycles. The van der Waals surface area contributed by atoms with Gasteiger partial charge in [-0.05, 0) is 96.3 Å². The Morgan fingerprint density at radius 2 is 0.698 bits per heavy atom. The predicted octanol–water partition coefficient (Wildman–Crippen LogP) is 17.0. The number of rotatable bonds is 45. The van der Waals surface area contributed by atoms with E-state index in [-0.39, 0.29) is 37.5 Å². The van der Waals surface area contributed by atoms with Gasteiger partial charge in [0, 0.05) is 19.3 Å². The molecule has 0 spiro atoms. The lowest BCUT2D eigenvalue weighted by atomic mass is 10.1. The van der Waals surface area contributed by atoms with Crippen LogP contribution in [0.2, 0.25) is 0 Å². The van der Waals surface area contributed by atoms with Gasteiger partial charge < -0.3 is 14.2 Å². The van der Waals surface area contributed by atoms with Crippen LogP contribution in [-0.4, -0.2) is 37.2 Å². The molecule has 0 amide bonds. The van der Waals surface area contributed by atoms with Gasteiger partial charge in [-0.15, -0.1) is 0 Å². The number of hydrogen-bond donors (Lipinski definition) is 0. The Kier molecular flexibility index (Phi) is 48.0. The first-order valence-electron chi connectivity index (χ1n) is 25.8. The molecule has 0 heterocycles. The highest BCUT2D eigenvalue weighted by molar-refractivity contribution is 5.71. The second kappa shape index (κ2) is 51.0. The predicted molar refractivity (Wildman–Crippen MR) is 270 cm³/mol. The zero-order valence-corrected chi connectivity index (χ0v) is 40.8. The molecule has 1 unspecified atom stereocenters. The highest BCUT2D eigenvalue weighted by Gasteiger charge is 2.19.